The summed E-state index contributed by atoms with van der Waals surface area (Å²) in [6.45, 7) is 1.95. The van der Waals surface area contributed by atoms with Gasteiger partial charge >= 0.3 is 5.97 Å². The Bertz CT molecular complexity index is 494. The lowest BCUT2D eigenvalue weighted by Crippen LogP contribution is -2.31. The first kappa shape index (κ1) is 12.4. The highest BCUT2D eigenvalue weighted by atomic mass is 16.4. The van der Waals surface area contributed by atoms with Gasteiger partial charge in [-0.1, -0.05) is 30.3 Å². The van der Waals surface area contributed by atoms with Crippen molar-refractivity contribution in [3.8, 4) is 0 Å². The second-order valence-electron chi connectivity index (χ2n) is 4.20. The molecule has 1 aromatic carbocycles. The number of carbonyl (C=O) groups is 1. The van der Waals surface area contributed by atoms with Crippen LogP contribution in [-0.2, 0) is 4.79 Å². The average Bonchev–Trinajstić information content (AvgIpc) is 2.90. The molecule has 0 saturated heterocycles. The number of aromatic amines is 1. The van der Waals surface area contributed by atoms with Crippen LogP contribution in [0, 0.1) is 0 Å². The predicted molar refractivity (Wildman–Crippen MR) is 69.2 cm³/mol. The fraction of sp³-hybridized carbons (Fsp3) is 0.214. The molecule has 94 valence electrons. The van der Waals surface area contributed by atoms with Crippen molar-refractivity contribution in [3.05, 3.63) is 59.9 Å². The standard InChI is InChI=1S/C14H16N2O2/c1-10(11-6-3-2-4-7-11)16-13(14(17)18)12-8-5-9-15-12/h2-10,13,15-16H,1H3,(H,17,18). The van der Waals surface area contributed by atoms with Crippen molar-refractivity contribution < 1.29 is 9.90 Å². The van der Waals surface area contributed by atoms with Crippen molar-refractivity contribution in [3.63, 3.8) is 0 Å². The number of hydrogen-bond acceptors (Lipinski definition) is 2. The van der Waals surface area contributed by atoms with Gasteiger partial charge in [0.2, 0.25) is 0 Å². The highest BCUT2D eigenvalue weighted by Gasteiger charge is 2.22. The molecule has 2 unspecified atom stereocenters. The lowest BCUT2D eigenvalue weighted by atomic mass is 10.1. The molecule has 0 bridgehead atoms. The first-order valence-corrected chi connectivity index (χ1v) is 5.85. The predicted octanol–water partition coefficient (Wildman–Crippen LogP) is 2.49. The van der Waals surface area contributed by atoms with E-state index in [0.29, 0.717) is 5.69 Å². The van der Waals surface area contributed by atoms with Crippen molar-refractivity contribution in [2.75, 3.05) is 0 Å². The Hall–Kier alpha value is -2.07. The minimum absolute atomic E-state index is 0.0319. The minimum Gasteiger partial charge on any atom is -0.480 e. The summed E-state index contributed by atoms with van der Waals surface area (Å²) in [4.78, 5) is 14.2. The summed E-state index contributed by atoms with van der Waals surface area (Å²) >= 11 is 0. The molecule has 4 nitrogen and oxygen atoms in total. The van der Waals surface area contributed by atoms with Gasteiger partial charge < -0.3 is 10.1 Å². The highest BCUT2D eigenvalue weighted by Crippen LogP contribution is 2.18. The molecule has 0 aliphatic carbocycles. The van der Waals surface area contributed by atoms with E-state index in [4.69, 9.17) is 0 Å². The van der Waals surface area contributed by atoms with Crippen molar-refractivity contribution >= 4 is 5.97 Å². The Morgan fingerprint density at radius 3 is 2.50 bits per heavy atom. The Balaban J connectivity index is 2.13. The van der Waals surface area contributed by atoms with Gasteiger partial charge in [0.25, 0.3) is 0 Å². The smallest absolute Gasteiger partial charge is 0.326 e. The third-order valence-corrected chi connectivity index (χ3v) is 2.90. The number of benzene rings is 1. The Labute approximate surface area is 106 Å². The van der Waals surface area contributed by atoms with E-state index >= 15 is 0 Å². The van der Waals surface area contributed by atoms with E-state index in [2.05, 4.69) is 10.3 Å². The molecular weight excluding hydrogens is 228 g/mol. The summed E-state index contributed by atoms with van der Waals surface area (Å²) < 4.78 is 0. The van der Waals surface area contributed by atoms with Crippen molar-refractivity contribution in [1.82, 2.24) is 10.3 Å². The first-order chi connectivity index (χ1) is 8.68. The maximum atomic E-state index is 11.3. The summed E-state index contributed by atoms with van der Waals surface area (Å²) in [5.41, 5.74) is 1.72. The summed E-state index contributed by atoms with van der Waals surface area (Å²) in [6.07, 6.45) is 1.72. The number of aromatic nitrogens is 1. The van der Waals surface area contributed by atoms with Crippen LogP contribution < -0.4 is 5.32 Å². The molecule has 3 N–H and O–H groups in total. The number of hydrogen-bond donors (Lipinski definition) is 3. The second-order valence-corrected chi connectivity index (χ2v) is 4.20. The topological polar surface area (TPSA) is 65.1 Å². The van der Waals surface area contributed by atoms with E-state index in [1.54, 1.807) is 18.3 Å². The van der Waals surface area contributed by atoms with Gasteiger partial charge in [-0.25, -0.2) is 0 Å². The van der Waals surface area contributed by atoms with Crippen LogP contribution in [0.15, 0.2) is 48.7 Å². The zero-order valence-corrected chi connectivity index (χ0v) is 10.1. The quantitative estimate of drug-likeness (QED) is 0.757. The van der Waals surface area contributed by atoms with Gasteiger partial charge in [-0.05, 0) is 24.6 Å². The van der Waals surface area contributed by atoms with Crippen LogP contribution in [0.5, 0.6) is 0 Å². The number of H-pyrrole nitrogens is 1. The molecule has 2 atom stereocenters. The first-order valence-electron chi connectivity index (χ1n) is 5.85. The second kappa shape index (κ2) is 5.51. The molecule has 0 aliphatic rings. The Kier molecular flexibility index (Phi) is 3.79. The van der Waals surface area contributed by atoms with E-state index < -0.39 is 12.0 Å². The van der Waals surface area contributed by atoms with E-state index in [1.165, 1.54) is 0 Å². The van der Waals surface area contributed by atoms with Crippen LogP contribution in [0.4, 0.5) is 0 Å². The molecule has 0 amide bonds. The molecule has 0 radical (unpaired) electrons. The number of carboxylic acids is 1. The number of nitrogens with one attached hydrogen (secondary N) is 2. The number of rotatable bonds is 5. The molecule has 18 heavy (non-hydrogen) atoms. The molecule has 2 aromatic rings. The van der Waals surface area contributed by atoms with Crippen LogP contribution in [-0.4, -0.2) is 16.1 Å². The fourth-order valence-corrected chi connectivity index (χ4v) is 1.91. The summed E-state index contributed by atoms with van der Waals surface area (Å²) in [5.74, 6) is -0.889. The van der Waals surface area contributed by atoms with Gasteiger partial charge in [0.05, 0.1) is 0 Å². The third-order valence-electron chi connectivity index (χ3n) is 2.90. The molecule has 0 saturated carbocycles. The van der Waals surface area contributed by atoms with Gasteiger partial charge in [0.15, 0.2) is 0 Å². The summed E-state index contributed by atoms with van der Waals surface area (Å²) in [5, 5.41) is 12.4. The van der Waals surface area contributed by atoms with Crippen molar-refractivity contribution in [2.45, 2.75) is 19.0 Å². The minimum atomic E-state index is -0.889. The lowest BCUT2D eigenvalue weighted by Gasteiger charge is -2.19. The monoisotopic (exact) mass is 244 g/mol. The zero-order valence-electron chi connectivity index (χ0n) is 10.1. The Morgan fingerprint density at radius 1 is 1.22 bits per heavy atom. The van der Waals surface area contributed by atoms with Gasteiger partial charge in [-0.3, -0.25) is 10.1 Å². The molecule has 4 heteroatoms. The normalized spacial score (nSPS) is 14.1. The maximum absolute atomic E-state index is 11.3. The van der Waals surface area contributed by atoms with Gasteiger partial charge in [-0.15, -0.1) is 0 Å². The summed E-state index contributed by atoms with van der Waals surface area (Å²) in [6, 6.07) is 12.6. The van der Waals surface area contributed by atoms with Gasteiger partial charge in [0.1, 0.15) is 6.04 Å². The van der Waals surface area contributed by atoms with Crippen LogP contribution >= 0.6 is 0 Å². The molecular formula is C14H16N2O2. The van der Waals surface area contributed by atoms with Crippen LogP contribution in [0.25, 0.3) is 0 Å². The highest BCUT2D eigenvalue weighted by molar-refractivity contribution is 5.75. The van der Waals surface area contributed by atoms with Crippen molar-refractivity contribution in [2.24, 2.45) is 0 Å². The Morgan fingerprint density at radius 2 is 1.94 bits per heavy atom. The van der Waals surface area contributed by atoms with Crippen LogP contribution in [0.2, 0.25) is 0 Å². The molecule has 2 rings (SSSR count). The lowest BCUT2D eigenvalue weighted by molar-refractivity contribution is -0.140. The van der Waals surface area contributed by atoms with E-state index in [-0.39, 0.29) is 6.04 Å². The van der Waals surface area contributed by atoms with Crippen LogP contribution in [0.3, 0.4) is 0 Å². The third kappa shape index (κ3) is 2.78. The number of aliphatic carboxylic acids is 1. The van der Waals surface area contributed by atoms with Gasteiger partial charge in [0, 0.05) is 17.9 Å². The van der Waals surface area contributed by atoms with E-state index in [9.17, 15) is 9.90 Å². The summed E-state index contributed by atoms with van der Waals surface area (Å²) in [7, 11) is 0. The maximum Gasteiger partial charge on any atom is 0.326 e. The largest absolute Gasteiger partial charge is 0.480 e. The van der Waals surface area contributed by atoms with Gasteiger partial charge in [-0.2, -0.15) is 0 Å². The molecule has 0 fully saturated rings. The molecule has 0 spiro atoms. The van der Waals surface area contributed by atoms with E-state index in [0.717, 1.165) is 5.56 Å². The number of carboxylic acid groups (broad SMARTS) is 1. The average molecular weight is 244 g/mol. The van der Waals surface area contributed by atoms with E-state index in [1.807, 2.05) is 37.3 Å². The zero-order chi connectivity index (χ0) is 13.0. The molecule has 0 aliphatic heterocycles. The molecule has 1 heterocycles. The fourth-order valence-electron chi connectivity index (χ4n) is 1.91. The van der Waals surface area contributed by atoms with Crippen LogP contribution in [0.1, 0.15) is 30.3 Å². The van der Waals surface area contributed by atoms with Crippen molar-refractivity contribution in [1.29, 1.82) is 0 Å². The molecule has 1 aromatic heterocycles. The SMILES string of the molecule is CC(NC(C(=O)O)c1ccc[nH]1)c1ccccc1.